The Labute approximate surface area is 94.6 Å². The van der Waals surface area contributed by atoms with Gasteiger partial charge in [0.15, 0.2) is 0 Å². The summed E-state index contributed by atoms with van der Waals surface area (Å²) in [6.45, 7) is 5.79. The fourth-order valence-electron chi connectivity index (χ4n) is 1.71. The van der Waals surface area contributed by atoms with Gasteiger partial charge in [0.25, 0.3) is 0 Å². The molecule has 3 nitrogen and oxygen atoms in total. The molecule has 0 saturated carbocycles. The number of carbonyl (C=O) groups is 1. The average Bonchev–Trinajstić information content (AvgIpc) is 2.15. The molecule has 0 amide bonds. The molecule has 0 heterocycles. The Kier molecular flexibility index (Phi) is 3.47. The predicted molar refractivity (Wildman–Crippen MR) is 61.9 cm³/mol. The highest BCUT2D eigenvalue weighted by molar-refractivity contribution is 5.96. The van der Waals surface area contributed by atoms with Gasteiger partial charge in [0.05, 0.1) is 0 Å². The molecule has 0 bridgehead atoms. The highest BCUT2D eigenvalue weighted by atomic mass is 16.4. The van der Waals surface area contributed by atoms with Crippen molar-refractivity contribution in [3.8, 4) is 6.07 Å². The average molecular weight is 215 g/mol. The molecule has 1 aromatic carbocycles. The summed E-state index contributed by atoms with van der Waals surface area (Å²) < 4.78 is 0. The first-order chi connectivity index (χ1) is 7.45. The number of aryl methyl sites for hydroxylation is 3. The van der Waals surface area contributed by atoms with E-state index in [0.717, 1.165) is 22.3 Å². The van der Waals surface area contributed by atoms with Crippen molar-refractivity contribution in [1.82, 2.24) is 0 Å². The zero-order valence-electron chi connectivity index (χ0n) is 9.53. The minimum Gasteiger partial charge on any atom is -0.477 e. The summed E-state index contributed by atoms with van der Waals surface area (Å²) >= 11 is 0. The first kappa shape index (κ1) is 12.0. The van der Waals surface area contributed by atoms with Crippen molar-refractivity contribution in [1.29, 1.82) is 5.26 Å². The van der Waals surface area contributed by atoms with Crippen LogP contribution in [0.3, 0.4) is 0 Å². The van der Waals surface area contributed by atoms with Crippen LogP contribution in [0.5, 0.6) is 0 Å². The minimum atomic E-state index is -1.19. The third kappa shape index (κ3) is 2.48. The Bertz CT molecular complexity index is 484. The lowest BCUT2D eigenvalue weighted by atomic mass is 9.98. The molecule has 1 N–H and O–H groups in total. The van der Waals surface area contributed by atoms with Crippen LogP contribution in [0.1, 0.15) is 22.3 Å². The molecule has 3 heteroatoms. The largest absolute Gasteiger partial charge is 0.477 e. The van der Waals surface area contributed by atoms with E-state index < -0.39 is 5.97 Å². The standard InChI is InChI=1S/C13H13NO2/c1-8-4-9(2)12(10(3)5-8)6-11(7-14)13(15)16/h4-6H,1-3H3,(H,15,16)/b11-6+. The maximum atomic E-state index is 10.7. The molecule has 1 aromatic rings. The Hall–Kier alpha value is -2.08. The summed E-state index contributed by atoms with van der Waals surface area (Å²) in [5, 5.41) is 17.5. The van der Waals surface area contributed by atoms with Crippen molar-refractivity contribution in [2.45, 2.75) is 20.8 Å². The summed E-state index contributed by atoms with van der Waals surface area (Å²) in [6, 6.07) is 5.62. The smallest absolute Gasteiger partial charge is 0.346 e. The summed E-state index contributed by atoms with van der Waals surface area (Å²) in [5.74, 6) is -1.19. The Morgan fingerprint density at radius 1 is 1.31 bits per heavy atom. The second-order valence-corrected chi connectivity index (χ2v) is 3.79. The zero-order chi connectivity index (χ0) is 12.3. The third-order valence-electron chi connectivity index (χ3n) is 2.38. The van der Waals surface area contributed by atoms with E-state index in [-0.39, 0.29) is 5.57 Å². The van der Waals surface area contributed by atoms with Crippen LogP contribution in [0.2, 0.25) is 0 Å². The van der Waals surface area contributed by atoms with Gasteiger partial charge in [-0.15, -0.1) is 0 Å². The van der Waals surface area contributed by atoms with Gasteiger partial charge in [0.1, 0.15) is 11.6 Å². The molecule has 0 aliphatic carbocycles. The Morgan fingerprint density at radius 2 is 1.81 bits per heavy atom. The predicted octanol–water partition coefficient (Wildman–Crippen LogP) is 2.60. The van der Waals surface area contributed by atoms with Crippen LogP contribution in [0.15, 0.2) is 17.7 Å². The van der Waals surface area contributed by atoms with E-state index in [4.69, 9.17) is 10.4 Å². The minimum absolute atomic E-state index is 0.241. The first-order valence-electron chi connectivity index (χ1n) is 4.88. The van der Waals surface area contributed by atoms with E-state index in [1.54, 1.807) is 6.07 Å². The quantitative estimate of drug-likeness (QED) is 0.609. The molecular weight excluding hydrogens is 202 g/mol. The number of aliphatic carboxylic acids is 1. The van der Waals surface area contributed by atoms with Crippen LogP contribution in [-0.4, -0.2) is 11.1 Å². The van der Waals surface area contributed by atoms with Gasteiger partial charge in [0.2, 0.25) is 0 Å². The summed E-state index contributed by atoms with van der Waals surface area (Å²) in [7, 11) is 0. The van der Waals surface area contributed by atoms with E-state index in [0.29, 0.717) is 0 Å². The molecule has 0 spiro atoms. The second kappa shape index (κ2) is 4.63. The molecule has 1 rings (SSSR count). The summed E-state index contributed by atoms with van der Waals surface area (Å²) in [4.78, 5) is 10.7. The van der Waals surface area contributed by atoms with Gasteiger partial charge in [-0.3, -0.25) is 0 Å². The van der Waals surface area contributed by atoms with E-state index >= 15 is 0 Å². The van der Waals surface area contributed by atoms with Gasteiger partial charge in [0, 0.05) is 0 Å². The van der Waals surface area contributed by atoms with Crippen LogP contribution < -0.4 is 0 Å². The zero-order valence-corrected chi connectivity index (χ0v) is 9.53. The molecule has 0 aromatic heterocycles. The number of hydrogen-bond acceptors (Lipinski definition) is 2. The summed E-state index contributed by atoms with van der Waals surface area (Å²) in [6.07, 6.45) is 1.42. The highest BCUT2D eigenvalue weighted by Gasteiger charge is 2.08. The molecule has 0 radical (unpaired) electrons. The molecule has 0 aliphatic heterocycles. The van der Waals surface area contributed by atoms with Crippen LogP contribution in [0.25, 0.3) is 6.08 Å². The second-order valence-electron chi connectivity index (χ2n) is 3.79. The number of nitriles is 1. The Balaban J connectivity index is 3.36. The fraction of sp³-hybridized carbons (Fsp3) is 0.231. The van der Waals surface area contributed by atoms with Crippen molar-refractivity contribution in [2.24, 2.45) is 0 Å². The monoisotopic (exact) mass is 215 g/mol. The van der Waals surface area contributed by atoms with E-state index in [2.05, 4.69) is 0 Å². The van der Waals surface area contributed by atoms with Crippen molar-refractivity contribution in [2.75, 3.05) is 0 Å². The molecule has 0 unspecified atom stereocenters. The van der Waals surface area contributed by atoms with Crippen LogP contribution in [0, 0.1) is 32.1 Å². The fourth-order valence-corrected chi connectivity index (χ4v) is 1.71. The number of rotatable bonds is 2. The molecule has 16 heavy (non-hydrogen) atoms. The van der Waals surface area contributed by atoms with Gasteiger partial charge < -0.3 is 5.11 Å². The lowest BCUT2D eigenvalue weighted by Crippen LogP contribution is -1.99. The molecular formula is C13H13NO2. The molecule has 0 aliphatic rings. The number of nitrogens with zero attached hydrogens (tertiary/aromatic N) is 1. The SMILES string of the molecule is Cc1cc(C)c(/C=C(\C#N)C(=O)O)c(C)c1. The van der Waals surface area contributed by atoms with Crippen LogP contribution in [-0.2, 0) is 4.79 Å². The van der Waals surface area contributed by atoms with Gasteiger partial charge in [-0.2, -0.15) is 5.26 Å². The van der Waals surface area contributed by atoms with Crippen LogP contribution in [0.4, 0.5) is 0 Å². The Morgan fingerprint density at radius 3 is 2.19 bits per heavy atom. The highest BCUT2D eigenvalue weighted by Crippen LogP contribution is 2.19. The molecule has 0 saturated heterocycles. The van der Waals surface area contributed by atoms with Crippen LogP contribution >= 0.6 is 0 Å². The van der Waals surface area contributed by atoms with Gasteiger partial charge >= 0.3 is 5.97 Å². The third-order valence-corrected chi connectivity index (χ3v) is 2.38. The van der Waals surface area contributed by atoms with E-state index in [1.165, 1.54) is 6.08 Å². The molecule has 0 atom stereocenters. The van der Waals surface area contributed by atoms with Crippen molar-refractivity contribution in [3.63, 3.8) is 0 Å². The van der Waals surface area contributed by atoms with Gasteiger partial charge in [-0.05, 0) is 43.5 Å². The normalized spacial score (nSPS) is 11.0. The molecule has 82 valence electrons. The maximum Gasteiger partial charge on any atom is 0.346 e. The van der Waals surface area contributed by atoms with Gasteiger partial charge in [-0.1, -0.05) is 17.7 Å². The number of hydrogen-bond donors (Lipinski definition) is 1. The van der Waals surface area contributed by atoms with Gasteiger partial charge in [-0.25, -0.2) is 4.79 Å². The lowest BCUT2D eigenvalue weighted by molar-refractivity contribution is -0.132. The topological polar surface area (TPSA) is 61.1 Å². The lowest BCUT2D eigenvalue weighted by Gasteiger charge is -2.07. The van der Waals surface area contributed by atoms with E-state index in [1.807, 2.05) is 32.9 Å². The maximum absolute atomic E-state index is 10.7. The van der Waals surface area contributed by atoms with Crippen molar-refractivity contribution < 1.29 is 9.90 Å². The number of benzene rings is 1. The van der Waals surface area contributed by atoms with Crippen molar-refractivity contribution >= 4 is 12.0 Å². The number of carboxylic acid groups (broad SMARTS) is 1. The molecule has 0 fully saturated rings. The summed E-state index contributed by atoms with van der Waals surface area (Å²) in [5.41, 5.74) is 3.65. The van der Waals surface area contributed by atoms with E-state index in [9.17, 15) is 4.79 Å². The first-order valence-corrected chi connectivity index (χ1v) is 4.88. The number of carboxylic acids is 1. The van der Waals surface area contributed by atoms with Crippen molar-refractivity contribution in [3.05, 3.63) is 40.0 Å².